The second kappa shape index (κ2) is 6.45. The van der Waals surface area contributed by atoms with Gasteiger partial charge in [0, 0.05) is 10.7 Å². The molecular formula is C15H17ClN2O2S. The molecule has 21 heavy (non-hydrogen) atoms. The highest BCUT2D eigenvalue weighted by Crippen LogP contribution is 2.33. The third-order valence-electron chi connectivity index (χ3n) is 3.30. The third-order valence-corrected chi connectivity index (χ3v) is 3.87. The minimum atomic E-state index is -0.419. The van der Waals surface area contributed by atoms with Crippen molar-refractivity contribution in [2.24, 2.45) is 5.92 Å². The van der Waals surface area contributed by atoms with Gasteiger partial charge in [-0.1, -0.05) is 43.6 Å². The van der Waals surface area contributed by atoms with Gasteiger partial charge in [0.25, 0.3) is 0 Å². The van der Waals surface area contributed by atoms with Gasteiger partial charge in [0.05, 0.1) is 18.7 Å². The molecule has 0 saturated carbocycles. The molecule has 1 heterocycles. The summed E-state index contributed by atoms with van der Waals surface area (Å²) < 4.78 is 4.93. The molecule has 0 unspecified atom stereocenters. The van der Waals surface area contributed by atoms with Crippen LogP contribution in [0, 0.1) is 5.92 Å². The maximum absolute atomic E-state index is 12.2. The third kappa shape index (κ3) is 3.19. The molecule has 0 aromatic heterocycles. The summed E-state index contributed by atoms with van der Waals surface area (Å²) in [5.41, 5.74) is 2.06. The Labute approximate surface area is 134 Å². The Balaban J connectivity index is 2.61. The van der Waals surface area contributed by atoms with Gasteiger partial charge in [-0.2, -0.15) is 0 Å². The average Bonchev–Trinajstić information content (AvgIpc) is 2.46. The molecule has 1 atom stereocenters. The van der Waals surface area contributed by atoms with Gasteiger partial charge in [-0.05, 0) is 29.8 Å². The van der Waals surface area contributed by atoms with Crippen molar-refractivity contribution in [3.8, 4) is 0 Å². The molecule has 112 valence electrons. The van der Waals surface area contributed by atoms with Crippen LogP contribution in [-0.2, 0) is 9.53 Å². The van der Waals surface area contributed by atoms with E-state index in [1.54, 1.807) is 6.07 Å². The van der Waals surface area contributed by atoms with Crippen LogP contribution in [0.3, 0.4) is 0 Å². The van der Waals surface area contributed by atoms with Gasteiger partial charge in [-0.3, -0.25) is 0 Å². The Morgan fingerprint density at radius 3 is 2.62 bits per heavy atom. The van der Waals surface area contributed by atoms with Crippen LogP contribution >= 0.6 is 23.8 Å². The van der Waals surface area contributed by atoms with Gasteiger partial charge >= 0.3 is 5.97 Å². The predicted octanol–water partition coefficient (Wildman–Crippen LogP) is 2.94. The molecule has 0 amide bonds. The van der Waals surface area contributed by atoms with Crippen LogP contribution in [0.2, 0.25) is 5.02 Å². The Hall–Kier alpha value is -1.59. The van der Waals surface area contributed by atoms with Crippen LogP contribution in [0.1, 0.15) is 25.5 Å². The number of methoxy groups -OCH3 is 1. The first-order chi connectivity index (χ1) is 9.95. The van der Waals surface area contributed by atoms with E-state index in [1.165, 1.54) is 7.11 Å². The Bertz CT molecular complexity index is 613. The lowest BCUT2D eigenvalue weighted by Crippen LogP contribution is -2.46. The predicted molar refractivity (Wildman–Crippen MR) is 86.9 cm³/mol. The van der Waals surface area contributed by atoms with E-state index in [-0.39, 0.29) is 5.92 Å². The second-order valence-corrected chi connectivity index (χ2v) is 5.84. The van der Waals surface area contributed by atoms with E-state index in [2.05, 4.69) is 10.6 Å². The van der Waals surface area contributed by atoms with Crippen LogP contribution in [0.15, 0.2) is 35.5 Å². The Kier molecular flexibility index (Phi) is 4.85. The topological polar surface area (TPSA) is 50.4 Å². The maximum Gasteiger partial charge on any atom is 0.337 e. The van der Waals surface area contributed by atoms with Crippen molar-refractivity contribution in [3.05, 3.63) is 46.1 Å². The molecule has 2 rings (SSSR count). The quantitative estimate of drug-likeness (QED) is 0.661. The SMILES string of the molecule is COC(=O)C1=C(C(C)C)NC(=S)N[C@@H]1c1ccccc1Cl. The maximum atomic E-state index is 12.2. The van der Waals surface area contributed by atoms with Crippen molar-refractivity contribution < 1.29 is 9.53 Å². The van der Waals surface area contributed by atoms with E-state index in [1.807, 2.05) is 32.0 Å². The molecule has 0 radical (unpaired) electrons. The van der Waals surface area contributed by atoms with Gasteiger partial charge in [0.15, 0.2) is 5.11 Å². The zero-order valence-corrected chi connectivity index (χ0v) is 13.6. The molecule has 0 aliphatic carbocycles. The molecule has 0 spiro atoms. The lowest BCUT2D eigenvalue weighted by molar-refractivity contribution is -0.136. The fraction of sp³-hybridized carbons (Fsp3) is 0.333. The van der Waals surface area contributed by atoms with Gasteiger partial charge in [0.1, 0.15) is 0 Å². The highest BCUT2D eigenvalue weighted by molar-refractivity contribution is 7.80. The van der Waals surface area contributed by atoms with Crippen molar-refractivity contribution in [2.45, 2.75) is 19.9 Å². The summed E-state index contributed by atoms with van der Waals surface area (Å²) in [6, 6.07) is 6.95. The summed E-state index contributed by atoms with van der Waals surface area (Å²) in [5, 5.41) is 7.20. The minimum absolute atomic E-state index is 0.101. The summed E-state index contributed by atoms with van der Waals surface area (Å²) in [6.07, 6.45) is 0. The number of benzene rings is 1. The van der Waals surface area contributed by atoms with Crippen molar-refractivity contribution in [1.82, 2.24) is 10.6 Å². The first-order valence-corrected chi connectivity index (χ1v) is 7.38. The molecule has 1 aromatic rings. The summed E-state index contributed by atoms with van der Waals surface area (Å²) in [6.45, 7) is 3.98. The van der Waals surface area contributed by atoms with Crippen LogP contribution in [-0.4, -0.2) is 18.2 Å². The molecule has 0 fully saturated rings. The fourth-order valence-electron chi connectivity index (χ4n) is 2.32. The number of hydrogen-bond donors (Lipinski definition) is 2. The molecule has 2 N–H and O–H groups in total. The van der Waals surface area contributed by atoms with Crippen molar-refractivity contribution in [1.29, 1.82) is 0 Å². The van der Waals surface area contributed by atoms with Gasteiger partial charge < -0.3 is 15.4 Å². The number of esters is 1. The molecule has 1 aliphatic rings. The lowest BCUT2D eigenvalue weighted by atomic mass is 9.91. The smallest absolute Gasteiger partial charge is 0.337 e. The number of halogens is 1. The van der Waals surface area contributed by atoms with E-state index in [0.29, 0.717) is 15.7 Å². The number of hydrogen-bond acceptors (Lipinski definition) is 3. The first kappa shape index (κ1) is 15.8. The number of nitrogens with one attached hydrogen (secondary N) is 2. The van der Waals surface area contributed by atoms with E-state index in [9.17, 15) is 4.79 Å². The average molecular weight is 325 g/mol. The molecular weight excluding hydrogens is 308 g/mol. The van der Waals surface area contributed by atoms with Crippen LogP contribution in [0.4, 0.5) is 0 Å². The molecule has 0 saturated heterocycles. The van der Waals surface area contributed by atoms with Gasteiger partial charge in [-0.15, -0.1) is 0 Å². The summed E-state index contributed by atoms with van der Waals surface area (Å²) in [5.74, 6) is -0.296. The number of thiocarbonyl (C=S) groups is 1. The fourth-order valence-corrected chi connectivity index (χ4v) is 2.79. The molecule has 0 bridgehead atoms. The number of carbonyl (C=O) groups is 1. The molecule has 6 heteroatoms. The normalized spacial score (nSPS) is 18.3. The van der Waals surface area contributed by atoms with E-state index >= 15 is 0 Å². The molecule has 1 aliphatic heterocycles. The largest absolute Gasteiger partial charge is 0.466 e. The molecule has 4 nitrogen and oxygen atoms in total. The monoisotopic (exact) mass is 324 g/mol. The van der Waals surface area contributed by atoms with Crippen LogP contribution in [0.5, 0.6) is 0 Å². The standard InChI is InChI=1S/C15H17ClN2O2S/c1-8(2)12-11(14(19)20-3)13(18-15(21)17-12)9-6-4-5-7-10(9)16/h4-8,13H,1-3H3,(H2,17,18,21)/t13-/m1/s1. The number of carbonyl (C=O) groups excluding carboxylic acids is 1. The van der Waals surface area contributed by atoms with Crippen LogP contribution < -0.4 is 10.6 Å². The number of rotatable bonds is 3. The van der Waals surface area contributed by atoms with E-state index in [0.717, 1.165) is 11.3 Å². The number of allylic oxidation sites excluding steroid dienone is 1. The summed E-state index contributed by atoms with van der Waals surface area (Å²) in [4.78, 5) is 12.2. The van der Waals surface area contributed by atoms with E-state index < -0.39 is 12.0 Å². The van der Waals surface area contributed by atoms with Crippen molar-refractivity contribution in [2.75, 3.05) is 7.11 Å². The summed E-state index contributed by atoms with van der Waals surface area (Å²) >= 11 is 11.5. The highest BCUT2D eigenvalue weighted by Gasteiger charge is 2.33. The zero-order valence-electron chi connectivity index (χ0n) is 12.1. The van der Waals surface area contributed by atoms with Crippen LogP contribution in [0.25, 0.3) is 0 Å². The first-order valence-electron chi connectivity index (χ1n) is 6.60. The van der Waals surface area contributed by atoms with Gasteiger partial charge in [0.2, 0.25) is 0 Å². The lowest BCUT2D eigenvalue weighted by Gasteiger charge is -2.32. The van der Waals surface area contributed by atoms with Crippen molar-refractivity contribution >= 4 is 34.9 Å². The minimum Gasteiger partial charge on any atom is -0.466 e. The highest BCUT2D eigenvalue weighted by atomic mass is 35.5. The molecule has 1 aromatic carbocycles. The Morgan fingerprint density at radius 2 is 2.05 bits per heavy atom. The van der Waals surface area contributed by atoms with Gasteiger partial charge in [-0.25, -0.2) is 4.79 Å². The number of ether oxygens (including phenoxy) is 1. The second-order valence-electron chi connectivity index (χ2n) is 5.03. The Morgan fingerprint density at radius 1 is 1.38 bits per heavy atom. The van der Waals surface area contributed by atoms with E-state index in [4.69, 9.17) is 28.6 Å². The van der Waals surface area contributed by atoms with Crippen molar-refractivity contribution in [3.63, 3.8) is 0 Å². The zero-order chi connectivity index (χ0) is 15.6. The summed E-state index contributed by atoms with van der Waals surface area (Å²) in [7, 11) is 1.36.